The zero-order chi connectivity index (χ0) is 10.1. The molecule has 1 aliphatic heterocycles. The minimum absolute atomic E-state index is 0.272. The van der Waals surface area contributed by atoms with Gasteiger partial charge in [-0.05, 0) is 31.2 Å². The van der Waals surface area contributed by atoms with Crippen molar-refractivity contribution in [1.29, 1.82) is 0 Å². The van der Waals surface area contributed by atoms with Crippen molar-refractivity contribution < 1.29 is 9.53 Å². The molecule has 1 aromatic rings. The van der Waals surface area contributed by atoms with Crippen molar-refractivity contribution in [3.63, 3.8) is 0 Å². The van der Waals surface area contributed by atoms with E-state index in [1.807, 2.05) is 19.1 Å². The SMILES string of the molecule is CC=CC1OC(=O)c2ccc(N)cc21. The van der Waals surface area contributed by atoms with Crippen LogP contribution in [-0.4, -0.2) is 5.97 Å². The van der Waals surface area contributed by atoms with Crippen LogP contribution in [0.1, 0.15) is 28.9 Å². The van der Waals surface area contributed by atoms with Crippen LogP contribution in [0.2, 0.25) is 0 Å². The van der Waals surface area contributed by atoms with E-state index in [2.05, 4.69) is 0 Å². The molecule has 1 aromatic carbocycles. The van der Waals surface area contributed by atoms with Crippen LogP contribution in [0.4, 0.5) is 5.69 Å². The van der Waals surface area contributed by atoms with E-state index >= 15 is 0 Å². The smallest absolute Gasteiger partial charge is 0.339 e. The number of ether oxygens (including phenoxy) is 1. The minimum atomic E-state index is -0.275. The Kier molecular flexibility index (Phi) is 2.00. The van der Waals surface area contributed by atoms with Crippen LogP contribution in [0.25, 0.3) is 0 Å². The average Bonchev–Trinajstić information content (AvgIpc) is 2.44. The number of carbonyl (C=O) groups excluding carboxylic acids is 1. The molecule has 14 heavy (non-hydrogen) atoms. The fraction of sp³-hybridized carbons (Fsp3) is 0.182. The summed E-state index contributed by atoms with van der Waals surface area (Å²) in [6.45, 7) is 1.89. The number of hydrogen-bond donors (Lipinski definition) is 1. The number of benzene rings is 1. The number of nitrogen functional groups attached to an aromatic ring is 1. The second kappa shape index (κ2) is 3.18. The van der Waals surface area contributed by atoms with Crippen molar-refractivity contribution >= 4 is 11.7 Å². The van der Waals surface area contributed by atoms with Crippen LogP contribution in [0.3, 0.4) is 0 Å². The second-order valence-corrected chi connectivity index (χ2v) is 3.20. The van der Waals surface area contributed by atoms with Crippen molar-refractivity contribution in [2.45, 2.75) is 13.0 Å². The van der Waals surface area contributed by atoms with Crippen LogP contribution in [0.5, 0.6) is 0 Å². The highest BCUT2D eigenvalue weighted by Gasteiger charge is 2.28. The highest BCUT2D eigenvalue weighted by Crippen LogP contribution is 2.32. The van der Waals surface area contributed by atoms with Gasteiger partial charge >= 0.3 is 5.97 Å². The van der Waals surface area contributed by atoms with E-state index in [1.54, 1.807) is 18.2 Å². The third-order valence-electron chi connectivity index (χ3n) is 2.20. The molecule has 0 fully saturated rings. The molecule has 3 heteroatoms. The van der Waals surface area contributed by atoms with E-state index in [9.17, 15) is 4.79 Å². The molecule has 0 saturated carbocycles. The number of fused-ring (bicyclic) bond motifs is 1. The predicted molar refractivity (Wildman–Crippen MR) is 53.8 cm³/mol. The molecule has 2 N–H and O–H groups in total. The topological polar surface area (TPSA) is 52.3 Å². The van der Waals surface area contributed by atoms with E-state index in [-0.39, 0.29) is 12.1 Å². The van der Waals surface area contributed by atoms with Crippen molar-refractivity contribution in [1.82, 2.24) is 0 Å². The summed E-state index contributed by atoms with van der Waals surface area (Å²) >= 11 is 0. The summed E-state index contributed by atoms with van der Waals surface area (Å²) in [7, 11) is 0. The molecule has 1 heterocycles. The predicted octanol–water partition coefficient (Wildman–Crippen LogP) is 2.06. The lowest BCUT2D eigenvalue weighted by molar-refractivity contribution is 0.0467. The summed E-state index contributed by atoms with van der Waals surface area (Å²) in [6, 6.07) is 5.19. The number of esters is 1. The summed E-state index contributed by atoms with van der Waals surface area (Å²) in [4.78, 5) is 11.4. The van der Waals surface area contributed by atoms with Gasteiger partial charge in [0.2, 0.25) is 0 Å². The molecule has 0 radical (unpaired) electrons. The van der Waals surface area contributed by atoms with Gasteiger partial charge in [0.1, 0.15) is 6.10 Å². The summed E-state index contributed by atoms with van der Waals surface area (Å²) in [5.41, 5.74) is 7.76. The maximum absolute atomic E-state index is 11.4. The number of allylic oxidation sites excluding steroid dienone is 1. The number of carbonyl (C=O) groups is 1. The molecule has 3 nitrogen and oxygen atoms in total. The van der Waals surface area contributed by atoms with E-state index in [0.29, 0.717) is 11.3 Å². The first-order chi connectivity index (χ1) is 6.72. The number of anilines is 1. The van der Waals surface area contributed by atoms with E-state index in [1.165, 1.54) is 0 Å². The Morgan fingerprint density at radius 1 is 1.50 bits per heavy atom. The van der Waals surface area contributed by atoms with Gasteiger partial charge in [0, 0.05) is 11.3 Å². The Labute approximate surface area is 82.2 Å². The second-order valence-electron chi connectivity index (χ2n) is 3.20. The van der Waals surface area contributed by atoms with Gasteiger partial charge in [0.25, 0.3) is 0 Å². The van der Waals surface area contributed by atoms with Crippen molar-refractivity contribution in [3.05, 3.63) is 41.5 Å². The highest BCUT2D eigenvalue weighted by atomic mass is 16.5. The van der Waals surface area contributed by atoms with Crippen molar-refractivity contribution in [2.24, 2.45) is 0 Å². The Morgan fingerprint density at radius 3 is 3.00 bits per heavy atom. The lowest BCUT2D eigenvalue weighted by atomic mass is 10.0. The third-order valence-corrected chi connectivity index (χ3v) is 2.20. The normalized spacial score (nSPS) is 19.8. The maximum Gasteiger partial charge on any atom is 0.339 e. The molecule has 0 bridgehead atoms. The van der Waals surface area contributed by atoms with Gasteiger partial charge < -0.3 is 10.5 Å². The van der Waals surface area contributed by atoms with E-state index in [0.717, 1.165) is 5.56 Å². The average molecular weight is 189 g/mol. The molecule has 0 spiro atoms. The monoisotopic (exact) mass is 189 g/mol. The number of hydrogen-bond acceptors (Lipinski definition) is 3. The van der Waals surface area contributed by atoms with Gasteiger partial charge in [-0.1, -0.05) is 6.08 Å². The minimum Gasteiger partial charge on any atom is -0.450 e. The molecule has 72 valence electrons. The van der Waals surface area contributed by atoms with Gasteiger partial charge in [0.05, 0.1) is 5.56 Å². The van der Waals surface area contributed by atoms with Crippen molar-refractivity contribution in [2.75, 3.05) is 5.73 Å². The quantitative estimate of drug-likeness (QED) is 0.418. The first-order valence-electron chi connectivity index (χ1n) is 4.45. The summed E-state index contributed by atoms with van der Waals surface area (Å²) in [6.07, 6.45) is 3.42. The van der Waals surface area contributed by atoms with Gasteiger partial charge in [-0.15, -0.1) is 0 Å². The first kappa shape index (κ1) is 8.81. The third kappa shape index (κ3) is 1.27. The first-order valence-corrected chi connectivity index (χ1v) is 4.45. The molecule has 0 amide bonds. The van der Waals surface area contributed by atoms with E-state index in [4.69, 9.17) is 10.5 Å². The number of nitrogens with two attached hydrogens (primary N) is 1. The largest absolute Gasteiger partial charge is 0.450 e. The summed E-state index contributed by atoms with van der Waals surface area (Å²) in [5, 5.41) is 0. The van der Waals surface area contributed by atoms with E-state index < -0.39 is 0 Å². The molecule has 1 unspecified atom stereocenters. The van der Waals surface area contributed by atoms with Gasteiger partial charge in [-0.3, -0.25) is 0 Å². The fourth-order valence-corrected chi connectivity index (χ4v) is 1.56. The lowest BCUT2D eigenvalue weighted by Gasteiger charge is -2.04. The summed E-state index contributed by atoms with van der Waals surface area (Å²) < 4.78 is 5.15. The molecule has 1 atom stereocenters. The van der Waals surface area contributed by atoms with Crippen molar-refractivity contribution in [3.8, 4) is 0 Å². The Balaban J connectivity index is 2.50. The molecule has 2 rings (SSSR count). The fourth-order valence-electron chi connectivity index (χ4n) is 1.56. The van der Waals surface area contributed by atoms with Crippen LogP contribution < -0.4 is 5.73 Å². The standard InChI is InChI=1S/C11H11NO2/c1-2-3-10-9-6-7(12)4-5-8(9)11(13)14-10/h2-6,10H,12H2,1H3. The highest BCUT2D eigenvalue weighted by molar-refractivity contribution is 5.94. The Bertz CT molecular complexity index is 410. The molecular formula is C11H11NO2. The zero-order valence-electron chi connectivity index (χ0n) is 7.86. The van der Waals surface area contributed by atoms with Crippen LogP contribution in [0, 0.1) is 0 Å². The van der Waals surface area contributed by atoms with Crippen LogP contribution in [-0.2, 0) is 4.74 Å². The Morgan fingerprint density at radius 2 is 2.29 bits per heavy atom. The lowest BCUT2D eigenvalue weighted by Crippen LogP contribution is -1.94. The molecule has 0 aromatic heterocycles. The molecule has 0 aliphatic carbocycles. The molecular weight excluding hydrogens is 178 g/mol. The Hall–Kier alpha value is -1.77. The van der Waals surface area contributed by atoms with Gasteiger partial charge in [-0.25, -0.2) is 4.79 Å². The van der Waals surface area contributed by atoms with Crippen LogP contribution >= 0.6 is 0 Å². The number of rotatable bonds is 1. The summed E-state index contributed by atoms with van der Waals surface area (Å²) in [5.74, 6) is -0.275. The maximum atomic E-state index is 11.4. The molecule has 1 aliphatic rings. The van der Waals surface area contributed by atoms with Crippen LogP contribution in [0.15, 0.2) is 30.4 Å². The number of cyclic esters (lactones) is 1. The van der Waals surface area contributed by atoms with Gasteiger partial charge in [0.15, 0.2) is 0 Å². The zero-order valence-corrected chi connectivity index (χ0v) is 7.86. The van der Waals surface area contributed by atoms with Gasteiger partial charge in [-0.2, -0.15) is 0 Å². The molecule has 0 saturated heterocycles.